The van der Waals surface area contributed by atoms with Gasteiger partial charge in [-0.05, 0) is 26.2 Å². The Bertz CT molecular complexity index is 1070. The summed E-state index contributed by atoms with van der Waals surface area (Å²) in [5, 5.41) is 4.57. The number of carbonyl (C=O) groups is 2. The predicted molar refractivity (Wildman–Crippen MR) is 114 cm³/mol. The second-order valence-corrected chi connectivity index (χ2v) is 9.55. The van der Waals surface area contributed by atoms with Crippen molar-refractivity contribution in [2.75, 3.05) is 13.1 Å². The van der Waals surface area contributed by atoms with Gasteiger partial charge in [-0.2, -0.15) is 9.61 Å². The van der Waals surface area contributed by atoms with Crippen LogP contribution in [0.5, 0.6) is 0 Å². The van der Waals surface area contributed by atoms with Crippen LogP contribution in [0.15, 0.2) is 10.9 Å². The quantitative estimate of drug-likeness (QED) is 0.769. The van der Waals surface area contributed by atoms with E-state index in [9.17, 15) is 14.4 Å². The van der Waals surface area contributed by atoms with Crippen molar-refractivity contribution in [2.24, 2.45) is 0 Å². The first-order valence-electron chi connectivity index (χ1n) is 10.9. The zero-order valence-electron chi connectivity index (χ0n) is 18.6. The van der Waals surface area contributed by atoms with Gasteiger partial charge in [0.15, 0.2) is 0 Å². The molecule has 0 aliphatic carbocycles. The molecule has 0 radical (unpaired) electrons. The summed E-state index contributed by atoms with van der Waals surface area (Å²) >= 11 is 0. The predicted octanol–water partition coefficient (Wildman–Crippen LogP) is 2.17. The molecule has 30 heavy (non-hydrogen) atoms. The summed E-state index contributed by atoms with van der Waals surface area (Å²) in [6, 6.07) is 1.86. The van der Waals surface area contributed by atoms with Gasteiger partial charge in [-0.1, -0.05) is 27.7 Å². The molecule has 2 aromatic rings. The van der Waals surface area contributed by atoms with Crippen molar-refractivity contribution in [2.45, 2.75) is 78.4 Å². The van der Waals surface area contributed by atoms with Crippen LogP contribution in [-0.2, 0) is 23.3 Å². The maximum atomic E-state index is 13.3. The Morgan fingerprint density at radius 2 is 1.87 bits per heavy atom. The fraction of sp³-hybridized carbons (Fsp3) is 0.636. The Kier molecular flexibility index (Phi) is 4.98. The first-order chi connectivity index (χ1) is 14.1. The van der Waals surface area contributed by atoms with Crippen LogP contribution < -0.4 is 5.56 Å². The van der Waals surface area contributed by atoms with E-state index in [0.717, 1.165) is 38.0 Å². The highest BCUT2D eigenvalue weighted by atomic mass is 16.2. The third-order valence-electron chi connectivity index (χ3n) is 6.41. The van der Waals surface area contributed by atoms with Crippen molar-refractivity contribution >= 4 is 17.5 Å². The summed E-state index contributed by atoms with van der Waals surface area (Å²) in [7, 11) is 0. The fourth-order valence-corrected chi connectivity index (χ4v) is 4.29. The lowest BCUT2D eigenvalue weighted by atomic mass is 9.93. The molecule has 0 bridgehead atoms. The van der Waals surface area contributed by atoms with Crippen LogP contribution in [0, 0.1) is 0 Å². The van der Waals surface area contributed by atoms with Crippen molar-refractivity contribution in [3.8, 4) is 0 Å². The number of aromatic nitrogens is 3. The fourth-order valence-electron chi connectivity index (χ4n) is 4.29. The SMILES string of the molecule is CCC(C)N1Cc2c(n(CC(=O)N3CCCC3)c3cc(C(C)(C)C)nn3c2=O)C1=O. The van der Waals surface area contributed by atoms with Crippen molar-refractivity contribution < 1.29 is 9.59 Å². The maximum absolute atomic E-state index is 13.3. The van der Waals surface area contributed by atoms with Crippen LogP contribution in [0.3, 0.4) is 0 Å². The molecule has 0 aromatic carbocycles. The topological polar surface area (TPSA) is 79.9 Å². The summed E-state index contributed by atoms with van der Waals surface area (Å²) in [5.41, 5.74) is 1.53. The number of hydrogen-bond acceptors (Lipinski definition) is 4. The summed E-state index contributed by atoms with van der Waals surface area (Å²) in [6.45, 7) is 11.9. The van der Waals surface area contributed by atoms with E-state index in [-0.39, 0.29) is 41.9 Å². The van der Waals surface area contributed by atoms with Crippen LogP contribution >= 0.6 is 0 Å². The molecule has 1 fully saturated rings. The van der Waals surface area contributed by atoms with E-state index in [1.165, 1.54) is 4.52 Å². The molecule has 8 heteroatoms. The Morgan fingerprint density at radius 1 is 1.20 bits per heavy atom. The smallest absolute Gasteiger partial charge is 0.280 e. The molecule has 0 N–H and O–H groups in total. The molecule has 2 aromatic heterocycles. The van der Waals surface area contributed by atoms with Crippen molar-refractivity contribution in [3.05, 3.63) is 33.4 Å². The maximum Gasteiger partial charge on any atom is 0.280 e. The zero-order valence-corrected chi connectivity index (χ0v) is 18.6. The Labute approximate surface area is 176 Å². The third kappa shape index (κ3) is 3.22. The van der Waals surface area contributed by atoms with Gasteiger partial charge in [0.1, 0.15) is 17.9 Å². The van der Waals surface area contributed by atoms with Crippen LogP contribution in [0.25, 0.3) is 5.65 Å². The van der Waals surface area contributed by atoms with Crippen molar-refractivity contribution in [1.82, 2.24) is 24.0 Å². The lowest BCUT2D eigenvalue weighted by Crippen LogP contribution is -2.35. The third-order valence-corrected chi connectivity index (χ3v) is 6.41. The Hall–Kier alpha value is -2.64. The molecule has 2 aliphatic heterocycles. The van der Waals surface area contributed by atoms with Crippen LogP contribution in [0.1, 0.15) is 75.6 Å². The second-order valence-electron chi connectivity index (χ2n) is 9.55. The highest BCUT2D eigenvalue weighted by molar-refractivity contribution is 5.98. The molecule has 1 saturated heterocycles. The van der Waals surface area contributed by atoms with Crippen molar-refractivity contribution in [1.29, 1.82) is 0 Å². The average Bonchev–Trinajstić information content (AvgIpc) is 3.42. The number of fused-ring (bicyclic) bond motifs is 2. The highest BCUT2D eigenvalue weighted by Crippen LogP contribution is 2.28. The van der Waals surface area contributed by atoms with Crippen molar-refractivity contribution in [3.63, 3.8) is 0 Å². The van der Waals surface area contributed by atoms with Gasteiger partial charge in [-0.15, -0.1) is 0 Å². The van der Waals surface area contributed by atoms with Gasteiger partial charge in [0.25, 0.3) is 11.5 Å². The molecule has 1 atom stereocenters. The van der Waals surface area contributed by atoms with E-state index in [2.05, 4.69) is 5.10 Å². The van der Waals surface area contributed by atoms with Gasteiger partial charge >= 0.3 is 0 Å². The molecule has 2 amide bonds. The molecule has 8 nitrogen and oxygen atoms in total. The van der Waals surface area contributed by atoms with Gasteiger partial charge in [-0.25, -0.2) is 0 Å². The number of amides is 2. The van der Waals surface area contributed by atoms with Crippen LogP contribution in [0.4, 0.5) is 0 Å². The lowest BCUT2D eigenvalue weighted by molar-refractivity contribution is -0.130. The standard InChI is InChI=1S/C22H31N5O3/c1-6-14(2)25-12-15-19(21(25)30)26(13-18(28)24-9-7-8-10-24)17-11-16(22(3,4)5)23-27(17)20(15)29/h11,14H,6-10,12-13H2,1-5H3. The Balaban J connectivity index is 1.90. The summed E-state index contributed by atoms with van der Waals surface area (Å²) < 4.78 is 3.11. The molecule has 4 heterocycles. The number of carbonyl (C=O) groups excluding carboxylic acids is 2. The molecular formula is C22H31N5O3. The van der Waals surface area contributed by atoms with E-state index in [0.29, 0.717) is 16.9 Å². The Morgan fingerprint density at radius 3 is 2.47 bits per heavy atom. The number of nitrogens with zero attached hydrogens (tertiary/aromatic N) is 5. The second kappa shape index (κ2) is 7.25. The van der Waals surface area contributed by atoms with Crippen LogP contribution in [0.2, 0.25) is 0 Å². The average molecular weight is 414 g/mol. The minimum absolute atomic E-state index is 0.0180. The monoisotopic (exact) mass is 413 g/mol. The lowest BCUT2D eigenvalue weighted by Gasteiger charge is -2.23. The minimum atomic E-state index is -0.264. The van der Waals surface area contributed by atoms with Gasteiger partial charge in [0.05, 0.1) is 17.8 Å². The van der Waals surface area contributed by atoms with Gasteiger partial charge in [-0.3, -0.25) is 14.4 Å². The van der Waals surface area contributed by atoms with E-state index in [1.54, 1.807) is 9.47 Å². The number of hydrogen-bond donors (Lipinski definition) is 0. The number of likely N-dealkylation sites (tertiary alicyclic amines) is 1. The molecule has 1 unspecified atom stereocenters. The normalized spacial score (nSPS) is 17.8. The summed E-state index contributed by atoms with van der Waals surface area (Å²) in [4.78, 5) is 43.2. The number of rotatable bonds is 4. The highest BCUT2D eigenvalue weighted by Gasteiger charge is 2.37. The molecule has 0 saturated carbocycles. The minimum Gasteiger partial charge on any atom is -0.341 e. The van der Waals surface area contributed by atoms with Gasteiger partial charge < -0.3 is 14.4 Å². The molecule has 2 aliphatic rings. The zero-order chi connectivity index (χ0) is 21.8. The molecule has 0 spiro atoms. The molecular weight excluding hydrogens is 382 g/mol. The summed E-state index contributed by atoms with van der Waals surface area (Å²) in [6.07, 6.45) is 2.81. The molecule has 4 rings (SSSR count). The van der Waals surface area contributed by atoms with Crippen LogP contribution in [-0.4, -0.2) is 54.9 Å². The summed E-state index contributed by atoms with van der Waals surface area (Å²) in [5.74, 6) is -0.194. The van der Waals surface area contributed by atoms with E-state index < -0.39 is 0 Å². The first kappa shape index (κ1) is 20.6. The van der Waals surface area contributed by atoms with E-state index in [1.807, 2.05) is 45.6 Å². The van der Waals surface area contributed by atoms with E-state index in [4.69, 9.17) is 0 Å². The van der Waals surface area contributed by atoms with E-state index >= 15 is 0 Å². The molecule has 162 valence electrons. The van der Waals surface area contributed by atoms with Gasteiger partial charge in [0.2, 0.25) is 5.91 Å². The van der Waals surface area contributed by atoms with Gasteiger partial charge in [0, 0.05) is 30.6 Å². The largest absolute Gasteiger partial charge is 0.341 e. The first-order valence-corrected chi connectivity index (χ1v) is 10.9.